The van der Waals surface area contributed by atoms with Crippen LogP contribution in [-0.2, 0) is 6.61 Å². The Morgan fingerprint density at radius 2 is 1.76 bits per heavy atom. The fourth-order valence-electron chi connectivity index (χ4n) is 2.40. The summed E-state index contributed by atoms with van der Waals surface area (Å²) in [6.45, 7) is 6.76. The predicted molar refractivity (Wildman–Crippen MR) is 87.5 cm³/mol. The van der Waals surface area contributed by atoms with E-state index in [1.165, 1.54) is 22.3 Å². The fraction of sp³-hybridized carbons (Fsp3) is 0.235. The highest BCUT2D eigenvalue weighted by Crippen LogP contribution is 2.24. The number of rotatable bonds is 4. The molecular weight excluding hydrogens is 284 g/mol. The van der Waals surface area contributed by atoms with E-state index in [9.17, 15) is 0 Å². The molecule has 4 heteroatoms. The molecule has 0 aliphatic heterocycles. The second kappa shape index (κ2) is 6.19. The van der Waals surface area contributed by atoms with Crippen LogP contribution in [0.4, 0.5) is 0 Å². The van der Waals surface area contributed by atoms with Crippen molar-refractivity contribution in [3.05, 3.63) is 63.2 Å². The van der Waals surface area contributed by atoms with Crippen LogP contribution in [0.1, 0.15) is 27.8 Å². The largest absolute Gasteiger partial charge is 0.489 e. The Labute approximate surface area is 130 Å². The minimum Gasteiger partial charge on any atom is -0.489 e. The van der Waals surface area contributed by atoms with Gasteiger partial charge in [-0.3, -0.25) is 5.41 Å². The van der Waals surface area contributed by atoms with Gasteiger partial charge in [-0.25, -0.2) is 0 Å². The molecule has 2 aromatic carbocycles. The van der Waals surface area contributed by atoms with E-state index < -0.39 is 0 Å². The highest BCUT2D eigenvalue weighted by Gasteiger charge is 2.08. The van der Waals surface area contributed by atoms with Crippen molar-refractivity contribution >= 4 is 17.4 Å². The maximum absolute atomic E-state index is 7.41. The molecule has 0 heterocycles. The Balaban J connectivity index is 2.17. The smallest absolute Gasteiger partial charge is 0.124 e. The van der Waals surface area contributed by atoms with Crippen molar-refractivity contribution in [1.82, 2.24) is 0 Å². The number of amidine groups is 1. The summed E-state index contributed by atoms with van der Waals surface area (Å²) in [5.41, 5.74) is 10.8. The number of hydrogen-bond acceptors (Lipinski definition) is 2. The number of nitrogen functional groups attached to an aromatic ring is 1. The van der Waals surface area contributed by atoms with Crippen molar-refractivity contribution in [3.63, 3.8) is 0 Å². The van der Waals surface area contributed by atoms with E-state index in [4.69, 9.17) is 27.5 Å². The van der Waals surface area contributed by atoms with Crippen LogP contribution in [-0.4, -0.2) is 5.84 Å². The summed E-state index contributed by atoms with van der Waals surface area (Å²) in [6, 6.07) is 9.47. The molecule has 21 heavy (non-hydrogen) atoms. The van der Waals surface area contributed by atoms with Crippen LogP contribution in [0.25, 0.3) is 0 Å². The van der Waals surface area contributed by atoms with Crippen LogP contribution in [0.2, 0.25) is 5.02 Å². The molecule has 2 aromatic rings. The van der Waals surface area contributed by atoms with Crippen molar-refractivity contribution in [2.24, 2.45) is 5.73 Å². The molecule has 0 unspecified atom stereocenters. The van der Waals surface area contributed by atoms with Crippen molar-refractivity contribution in [3.8, 4) is 5.75 Å². The first-order valence-corrected chi connectivity index (χ1v) is 7.09. The van der Waals surface area contributed by atoms with Gasteiger partial charge < -0.3 is 10.5 Å². The Bertz CT molecular complexity index is 672. The molecule has 0 aromatic heterocycles. The van der Waals surface area contributed by atoms with Crippen molar-refractivity contribution < 1.29 is 4.74 Å². The number of nitrogens with one attached hydrogen (secondary N) is 1. The SMILES string of the molecule is Cc1cc(C)c(COc2ccc(C(=N)N)c(Cl)c2)c(C)c1. The van der Waals surface area contributed by atoms with Crippen LogP contribution in [0.15, 0.2) is 30.3 Å². The van der Waals surface area contributed by atoms with E-state index in [0.29, 0.717) is 22.9 Å². The maximum Gasteiger partial charge on any atom is 0.124 e. The summed E-state index contributed by atoms with van der Waals surface area (Å²) < 4.78 is 5.81. The summed E-state index contributed by atoms with van der Waals surface area (Å²) in [5.74, 6) is 0.626. The van der Waals surface area contributed by atoms with Crippen LogP contribution in [0, 0.1) is 26.2 Å². The molecule has 2 rings (SSSR count). The first-order chi connectivity index (χ1) is 9.88. The van der Waals surface area contributed by atoms with Gasteiger partial charge in [0.05, 0.1) is 5.02 Å². The summed E-state index contributed by atoms with van der Waals surface area (Å²) >= 11 is 6.09. The highest BCUT2D eigenvalue weighted by atomic mass is 35.5. The molecule has 0 saturated heterocycles. The second-order valence-corrected chi connectivity index (χ2v) is 5.63. The van der Waals surface area contributed by atoms with Gasteiger partial charge in [-0.1, -0.05) is 29.3 Å². The Kier molecular flexibility index (Phi) is 4.53. The molecular formula is C17H19ClN2O. The van der Waals surface area contributed by atoms with Crippen LogP contribution >= 0.6 is 11.6 Å². The van der Waals surface area contributed by atoms with Gasteiger partial charge in [0.25, 0.3) is 0 Å². The number of benzene rings is 2. The summed E-state index contributed by atoms with van der Waals surface area (Å²) in [4.78, 5) is 0. The third-order valence-corrected chi connectivity index (χ3v) is 3.77. The van der Waals surface area contributed by atoms with E-state index in [-0.39, 0.29) is 5.84 Å². The number of nitrogens with two attached hydrogens (primary N) is 1. The molecule has 0 aliphatic carbocycles. The maximum atomic E-state index is 7.41. The van der Waals surface area contributed by atoms with E-state index >= 15 is 0 Å². The van der Waals surface area contributed by atoms with Crippen molar-refractivity contribution in [1.29, 1.82) is 5.41 Å². The normalized spacial score (nSPS) is 10.5. The molecule has 0 fully saturated rings. The molecule has 0 atom stereocenters. The Hall–Kier alpha value is -2.00. The van der Waals surface area contributed by atoms with Gasteiger partial charge in [-0.05, 0) is 55.7 Å². The third kappa shape index (κ3) is 3.56. The third-order valence-electron chi connectivity index (χ3n) is 3.45. The van der Waals surface area contributed by atoms with Gasteiger partial charge in [0.15, 0.2) is 0 Å². The number of halogens is 1. The van der Waals surface area contributed by atoms with Gasteiger partial charge in [0.2, 0.25) is 0 Å². The van der Waals surface area contributed by atoms with E-state index in [1.54, 1.807) is 18.2 Å². The summed E-state index contributed by atoms with van der Waals surface area (Å²) in [5, 5.41) is 7.84. The lowest BCUT2D eigenvalue weighted by atomic mass is 10.0. The molecule has 0 bridgehead atoms. The predicted octanol–water partition coefficient (Wildman–Crippen LogP) is 4.13. The van der Waals surface area contributed by atoms with Crippen molar-refractivity contribution in [2.75, 3.05) is 0 Å². The van der Waals surface area contributed by atoms with Crippen LogP contribution in [0.5, 0.6) is 5.75 Å². The zero-order valence-corrected chi connectivity index (χ0v) is 13.2. The Morgan fingerprint density at radius 3 is 2.29 bits per heavy atom. The standard InChI is InChI=1S/C17H19ClN2O/c1-10-6-11(2)15(12(3)7-10)9-21-13-4-5-14(17(19)20)16(18)8-13/h4-8H,9H2,1-3H3,(H3,19,20). The number of aryl methyl sites for hydroxylation is 3. The zero-order valence-electron chi connectivity index (χ0n) is 12.5. The Morgan fingerprint density at radius 1 is 1.14 bits per heavy atom. The minimum atomic E-state index is -0.0447. The summed E-state index contributed by atoms with van der Waals surface area (Å²) in [7, 11) is 0. The first-order valence-electron chi connectivity index (χ1n) is 6.72. The van der Waals surface area contributed by atoms with Crippen LogP contribution in [0.3, 0.4) is 0 Å². The van der Waals surface area contributed by atoms with Crippen molar-refractivity contribution in [2.45, 2.75) is 27.4 Å². The quantitative estimate of drug-likeness (QED) is 0.659. The molecule has 0 radical (unpaired) electrons. The molecule has 3 N–H and O–H groups in total. The molecule has 0 amide bonds. The lowest BCUT2D eigenvalue weighted by molar-refractivity contribution is 0.304. The molecule has 0 aliphatic rings. The molecule has 0 saturated carbocycles. The molecule has 110 valence electrons. The topological polar surface area (TPSA) is 59.1 Å². The lowest BCUT2D eigenvalue weighted by Crippen LogP contribution is -2.11. The molecule has 3 nitrogen and oxygen atoms in total. The average molecular weight is 303 g/mol. The van der Waals surface area contributed by atoms with E-state index in [1.807, 2.05) is 0 Å². The zero-order chi connectivity index (χ0) is 15.6. The molecule has 0 spiro atoms. The van der Waals surface area contributed by atoms with Gasteiger partial charge >= 0.3 is 0 Å². The van der Waals surface area contributed by atoms with Gasteiger partial charge in [-0.15, -0.1) is 0 Å². The first kappa shape index (κ1) is 15.4. The van der Waals surface area contributed by atoms with Gasteiger partial charge in [0.1, 0.15) is 18.2 Å². The highest BCUT2D eigenvalue weighted by molar-refractivity contribution is 6.34. The van der Waals surface area contributed by atoms with E-state index in [0.717, 1.165) is 0 Å². The number of ether oxygens (including phenoxy) is 1. The monoisotopic (exact) mass is 302 g/mol. The summed E-state index contributed by atoms with van der Waals surface area (Å²) in [6.07, 6.45) is 0. The number of hydrogen-bond donors (Lipinski definition) is 2. The minimum absolute atomic E-state index is 0.0447. The van der Waals surface area contributed by atoms with Gasteiger partial charge in [0, 0.05) is 5.56 Å². The average Bonchev–Trinajstić information content (AvgIpc) is 2.36. The lowest BCUT2D eigenvalue weighted by Gasteiger charge is -2.13. The fourth-order valence-corrected chi connectivity index (χ4v) is 2.67. The second-order valence-electron chi connectivity index (χ2n) is 5.22. The van der Waals surface area contributed by atoms with Gasteiger partial charge in [-0.2, -0.15) is 0 Å². The van der Waals surface area contributed by atoms with Crippen LogP contribution < -0.4 is 10.5 Å². The van der Waals surface area contributed by atoms with E-state index in [2.05, 4.69) is 32.9 Å².